The number of ether oxygens (including phenoxy) is 2. The first-order chi connectivity index (χ1) is 15.0. The van der Waals surface area contributed by atoms with Crippen LogP contribution in [-0.4, -0.2) is 49.0 Å². The summed E-state index contributed by atoms with van der Waals surface area (Å²) in [5.74, 6) is -0.402. The largest absolute Gasteiger partial charge is 0.497 e. The molecular formula is C24H34N2O5. The van der Waals surface area contributed by atoms with Crippen molar-refractivity contribution >= 4 is 17.8 Å². The van der Waals surface area contributed by atoms with Crippen molar-refractivity contribution < 1.29 is 23.9 Å². The summed E-state index contributed by atoms with van der Waals surface area (Å²) in [4.78, 5) is 39.7. The van der Waals surface area contributed by atoms with Gasteiger partial charge < -0.3 is 19.7 Å². The number of methoxy groups -OCH3 is 1. The maximum atomic E-state index is 13.0. The van der Waals surface area contributed by atoms with E-state index in [1.807, 2.05) is 24.3 Å². The first-order valence-corrected chi connectivity index (χ1v) is 11.4. The summed E-state index contributed by atoms with van der Waals surface area (Å²) in [5, 5.41) is 2.94. The molecule has 2 amide bonds. The lowest BCUT2D eigenvalue weighted by molar-refractivity contribution is -0.160. The van der Waals surface area contributed by atoms with Crippen LogP contribution in [0.25, 0.3) is 0 Å². The van der Waals surface area contributed by atoms with E-state index in [0.717, 1.165) is 44.1 Å². The number of unbranched alkanes of at least 4 members (excludes halogenated alkanes) is 1. The van der Waals surface area contributed by atoms with E-state index in [4.69, 9.17) is 9.47 Å². The summed E-state index contributed by atoms with van der Waals surface area (Å²) in [5.41, 5.74) is 0.877. The summed E-state index contributed by atoms with van der Waals surface area (Å²) in [6.07, 6.45) is 6.76. The maximum absolute atomic E-state index is 13.0. The molecule has 31 heavy (non-hydrogen) atoms. The number of hydrogen-bond donors (Lipinski definition) is 1. The van der Waals surface area contributed by atoms with E-state index >= 15 is 0 Å². The van der Waals surface area contributed by atoms with Crippen molar-refractivity contribution in [3.05, 3.63) is 29.8 Å². The van der Waals surface area contributed by atoms with Crippen LogP contribution in [0.3, 0.4) is 0 Å². The monoisotopic (exact) mass is 430 g/mol. The van der Waals surface area contributed by atoms with Gasteiger partial charge in [-0.15, -0.1) is 0 Å². The summed E-state index contributed by atoms with van der Waals surface area (Å²) in [6, 6.07) is 7.26. The number of carbonyl (C=O) groups excluding carboxylic acids is 3. The van der Waals surface area contributed by atoms with Crippen LogP contribution in [0.5, 0.6) is 5.75 Å². The Balaban J connectivity index is 1.72. The van der Waals surface area contributed by atoms with E-state index < -0.39 is 17.9 Å². The third-order valence-electron chi connectivity index (χ3n) is 6.28. The van der Waals surface area contributed by atoms with Crippen molar-refractivity contribution in [1.82, 2.24) is 10.2 Å². The molecule has 1 heterocycles. The van der Waals surface area contributed by atoms with Gasteiger partial charge in [0.25, 0.3) is 5.91 Å². The summed E-state index contributed by atoms with van der Waals surface area (Å²) < 4.78 is 10.7. The van der Waals surface area contributed by atoms with Crippen LogP contribution in [0.15, 0.2) is 24.3 Å². The first-order valence-electron chi connectivity index (χ1n) is 11.4. The predicted octanol–water partition coefficient (Wildman–Crippen LogP) is 3.38. The first kappa shape index (κ1) is 23.1. The Morgan fingerprint density at radius 1 is 1.13 bits per heavy atom. The fourth-order valence-electron chi connectivity index (χ4n) is 4.59. The topological polar surface area (TPSA) is 84.9 Å². The van der Waals surface area contributed by atoms with Gasteiger partial charge in [-0.2, -0.15) is 0 Å². The van der Waals surface area contributed by atoms with E-state index in [9.17, 15) is 14.4 Å². The van der Waals surface area contributed by atoms with E-state index in [-0.39, 0.29) is 24.5 Å². The molecule has 7 nitrogen and oxygen atoms in total. The highest BCUT2D eigenvalue weighted by Crippen LogP contribution is 2.38. The Morgan fingerprint density at radius 3 is 2.48 bits per heavy atom. The molecule has 1 N–H and O–H groups in total. The molecule has 1 aromatic carbocycles. The molecule has 1 aliphatic heterocycles. The van der Waals surface area contributed by atoms with Gasteiger partial charge in [0.15, 0.2) is 6.61 Å². The molecular weight excluding hydrogens is 396 g/mol. The van der Waals surface area contributed by atoms with Crippen LogP contribution in [0.2, 0.25) is 0 Å². The third kappa shape index (κ3) is 5.99. The maximum Gasteiger partial charge on any atom is 0.311 e. The van der Waals surface area contributed by atoms with Gasteiger partial charge in [-0.1, -0.05) is 38.3 Å². The van der Waals surface area contributed by atoms with Crippen LogP contribution in [0, 0.1) is 5.92 Å². The van der Waals surface area contributed by atoms with Crippen molar-refractivity contribution in [2.24, 2.45) is 5.92 Å². The van der Waals surface area contributed by atoms with E-state index in [0.29, 0.717) is 25.1 Å². The molecule has 3 rings (SSSR count). The van der Waals surface area contributed by atoms with Crippen molar-refractivity contribution in [3.63, 3.8) is 0 Å². The van der Waals surface area contributed by atoms with Gasteiger partial charge in [-0.3, -0.25) is 14.4 Å². The molecule has 2 fully saturated rings. The van der Waals surface area contributed by atoms with Gasteiger partial charge in [0.2, 0.25) is 5.91 Å². The zero-order valence-corrected chi connectivity index (χ0v) is 18.6. The van der Waals surface area contributed by atoms with Crippen LogP contribution in [-0.2, 0) is 19.1 Å². The minimum atomic E-state index is -0.498. The molecule has 1 saturated heterocycles. The quantitative estimate of drug-likeness (QED) is 0.607. The smallest absolute Gasteiger partial charge is 0.311 e. The molecule has 1 saturated carbocycles. The average Bonchev–Trinajstić information content (AvgIpc) is 3.29. The zero-order chi connectivity index (χ0) is 22.2. The molecule has 0 radical (unpaired) electrons. The van der Waals surface area contributed by atoms with Crippen molar-refractivity contribution in [1.29, 1.82) is 0 Å². The second-order valence-corrected chi connectivity index (χ2v) is 8.46. The molecule has 1 aliphatic carbocycles. The van der Waals surface area contributed by atoms with Crippen molar-refractivity contribution in [2.45, 2.75) is 70.4 Å². The molecule has 0 bridgehead atoms. The number of amides is 2. The van der Waals surface area contributed by atoms with Gasteiger partial charge >= 0.3 is 5.97 Å². The molecule has 2 aliphatic rings. The molecule has 2 atom stereocenters. The molecule has 1 aromatic rings. The number of rotatable bonds is 9. The Hall–Kier alpha value is -2.57. The lowest BCUT2D eigenvalue weighted by Gasteiger charge is -2.40. The fraction of sp³-hybridized carbons (Fsp3) is 0.625. The Morgan fingerprint density at radius 2 is 1.84 bits per heavy atom. The minimum Gasteiger partial charge on any atom is -0.497 e. The van der Waals surface area contributed by atoms with Crippen molar-refractivity contribution in [2.75, 3.05) is 20.3 Å². The van der Waals surface area contributed by atoms with Gasteiger partial charge in [0, 0.05) is 19.0 Å². The Kier molecular flexibility index (Phi) is 8.32. The van der Waals surface area contributed by atoms with Gasteiger partial charge in [-0.25, -0.2) is 0 Å². The van der Waals surface area contributed by atoms with Gasteiger partial charge in [0.05, 0.1) is 19.1 Å². The summed E-state index contributed by atoms with van der Waals surface area (Å²) >= 11 is 0. The third-order valence-corrected chi connectivity index (χ3v) is 6.28. The van der Waals surface area contributed by atoms with Gasteiger partial charge in [-0.05, 0) is 43.4 Å². The van der Waals surface area contributed by atoms with Crippen LogP contribution in [0.1, 0.15) is 69.9 Å². The van der Waals surface area contributed by atoms with Crippen LogP contribution in [0.4, 0.5) is 0 Å². The summed E-state index contributed by atoms with van der Waals surface area (Å²) in [6.45, 7) is 2.40. The number of carbonyl (C=O) groups is 3. The normalized spacial score (nSPS) is 21.7. The lowest BCUT2D eigenvalue weighted by Crippen LogP contribution is -2.46. The van der Waals surface area contributed by atoms with E-state index in [1.54, 1.807) is 12.0 Å². The standard InChI is InChI=1S/C24H34N2O5/c1-3-4-15-26-22(28)14-13-20(23(26)17-9-11-19(30-2)12-10-17)24(29)31-16-21(27)25-18-7-5-6-8-18/h9-12,18,20,23H,3-8,13-16H2,1-2H3,(H,25,27)/t20-,23-/m1/s1. The van der Waals surface area contributed by atoms with Gasteiger partial charge in [0.1, 0.15) is 5.75 Å². The van der Waals surface area contributed by atoms with Crippen molar-refractivity contribution in [3.8, 4) is 5.75 Å². The fourth-order valence-corrected chi connectivity index (χ4v) is 4.59. The molecule has 0 unspecified atom stereocenters. The second kappa shape index (κ2) is 11.2. The SMILES string of the molecule is CCCCN1C(=O)CC[C@@H](C(=O)OCC(=O)NC2CCCC2)[C@H]1c1ccc(OC)cc1. The number of nitrogens with zero attached hydrogens (tertiary/aromatic N) is 1. The number of piperidine rings is 1. The second-order valence-electron chi connectivity index (χ2n) is 8.46. The number of benzene rings is 1. The number of likely N-dealkylation sites (tertiary alicyclic amines) is 1. The highest BCUT2D eigenvalue weighted by atomic mass is 16.5. The number of esters is 1. The highest BCUT2D eigenvalue weighted by molar-refractivity contribution is 5.84. The molecule has 0 spiro atoms. The average molecular weight is 431 g/mol. The Labute approximate surface area is 184 Å². The predicted molar refractivity (Wildman–Crippen MR) is 116 cm³/mol. The lowest BCUT2D eigenvalue weighted by atomic mass is 9.84. The molecule has 0 aromatic heterocycles. The zero-order valence-electron chi connectivity index (χ0n) is 18.6. The molecule has 7 heteroatoms. The van der Waals surface area contributed by atoms with Crippen LogP contribution < -0.4 is 10.1 Å². The van der Waals surface area contributed by atoms with Crippen LogP contribution >= 0.6 is 0 Å². The number of nitrogens with one attached hydrogen (secondary N) is 1. The molecule has 170 valence electrons. The minimum absolute atomic E-state index is 0.0531. The highest BCUT2D eigenvalue weighted by Gasteiger charge is 2.41. The summed E-state index contributed by atoms with van der Waals surface area (Å²) in [7, 11) is 1.60. The number of hydrogen-bond acceptors (Lipinski definition) is 5. The van der Waals surface area contributed by atoms with E-state index in [1.165, 1.54) is 0 Å². The van der Waals surface area contributed by atoms with E-state index in [2.05, 4.69) is 12.2 Å². The Bertz CT molecular complexity index is 758.